The third-order valence-corrected chi connectivity index (χ3v) is 4.95. The van der Waals surface area contributed by atoms with Crippen molar-refractivity contribution in [2.45, 2.75) is 52.0 Å². The second-order valence-electron chi connectivity index (χ2n) is 6.57. The van der Waals surface area contributed by atoms with Crippen LogP contribution in [-0.2, 0) is 14.3 Å². The SMILES string of the molecule is CCC1CCCCN1C(=O)CCN(C(C)=O)c1ccccc1C(=O)OC. The van der Waals surface area contributed by atoms with E-state index in [0.717, 1.165) is 32.2 Å². The molecule has 6 heteroatoms. The van der Waals surface area contributed by atoms with Gasteiger partial charge < -0.3 is 14.5 Å². The van der Waals surface area contributed by atoms with Gasteiger partial charge in [0, 0.05) is 32.5 Å². The van der Waals surface area contributed by atoms with Gasteiger partial charge in [-0.25, -0.2) is 4.79 Å². The zero-order chi connectivity index (χ0) is 19.1. The Morgan fingerprint density at radius 2 is 1.96 bits per heavy atom. The van der Waals surface area contributed by atoms with E-state index in [1.54, 1.807) is 24.3 Å². The Kier molecular flexibility index (Phi) is 7.18. The first-order chi connectivity index (χ1) is 12.5. The maximum absolute atomic E-state index is 12.7. The first-order valence-electron chi connectivity index (χ1n) is 9.24. The largest absolute Gasteiger partial charge is 0.465 e. The molecule has 1 aliphatic rings. The molecule has 142 valence electrons. The number of amides is 2. The summed E-state index contributed by atoms with van der Waals surface area (Å²) < 4.78 is 4.80. The molecule has 0 N–H and O–H groups in total. The van der Waals surface area contributed by atoms with Crippen molar-refractivity contribution in [2.24, 2.45) is 0 Å². The number of carbonyl (C=O) groups is 3. The molecule has 0 aliphatic carbocycles. The quantitative estimate of drug-likeness (QED) is 0.732. The highest BCUT2D eigenvalue weighted by molar-refractivity contribution is 6.02. The van der Waals surface area contributed by atoms with Gasteiger partial charge in [0.15, 0.2) is 0 Å². The summed E-state index contributed by atoms with van der Waals surface area (Å²) in [4.78, 5) is 40.3. The summed E-state index contributed by atoms with van der Waals surface area (Å²) >= 11 is 0. The van der Waals surface area contributed by atoms with Gasteiger partial charge in [0.2, 0.25) is 11.8 Å². The molecule has 0 saturated carbocycles. The highest BCUT2D eigenvalue weighted by atomic mass is 16.5. The Labute approximate surface area is 155 Å². The molecule has 0 bridgehead atoms. The molecule has 0 radical (unpaired) electrons. The fourth-order valence-electron chi connectivity index (χ4n) is 3.54. The molecule has 1 aromatic carbocycles. The number of anilines is 1. The number of piperidine rings is 1. The molecule has 1 fully saturated rings. The van der Waals surface area contributed by atoms with Crippen LogP contribution >= 0.6 is 0 Å². The topological polar surface area (TPSA) is 66.9 Å². The van der Waals surface area contributed by atoms with Gasteiger partial charge in [0.1, 0.15) is 0 Å². The zero-order valence-corrected chi connectivity index (χ0v) is 15.9. The second-order valence-corrected chi connectivity index (χ2v) is 6.57. The van der Waals surface area contributed by atoms with E-state index < -0.39 is 5.97 Å². The number of rotatable bonds is 6. The lowest BCUT2D eigenvalue weighted by Crippen LogP contribution is -2.44. The number of hydrogen-bond acceptors (Lipinski definition) is 4. The average Bonchev–Trinajstić information content (AvgIpc) is 2.67. The van der Waals surface area contributed by atoms with E-state index in [1.807, 2.05) is 4.90 Å². The third kappa shape index (κ3) is 4.62. The van der Waals surface area contributed by atoms with E-state index in [4.69, 9.17) is 4.74 Å². The highest BCUT2D eigenvalue weighted by Gasteiger charge is 2.26. The number of nitrogens with zero attached hydrogens (tertiary/aromatic N) is 2. The summed E-state index contributed by atoms with van der Waals surface area (Å²) in [6, 6.07) is 7.10. The van der Waals surface area contributed by atoms with Crippen LogP contribution in [-0.4, -0.2) is 48.9 Å². The average molecular weight is 360 g/mol. The van der Waals surface area contributed by atoms with Crippen molar-refractivity contribution in [3.8, 4) is 0 Å². The maximum atomic E-state index is 12.7. The molecule has 0 spiro atoms. The van der Waals surface area contributed by atoms with Gasteiger partial charge in [-0.15, -0.1) is 0 Å². The first kappa shape index (κ1) is 19.9. The number of hydrogen-bond donors (Lipinski definition) is 0. The second kappa shape index (κ2) is 9.36. The molecule has 0 aromatic heterocycles. The molecule has 2 amide bonds. The van der Waals surface area contributed by atoms with Crippen molar-refractivity contribution in [2.75, 3.05) is 25.1 Å². The molecule has 2 rings (SSSR count). The van der Waals surface area contributed by atoms with Crippen LogP contribution in [0.1, 0.15) is 56.3 Å². The van der Waals surface area contributed by atoms with E-state index >= 15 is 0 Å². The number of likely N-dealkylation sites (tertiary alicyclic amines) is 1. The fraction of sp³-hybridized carbons (Fsp3) is 0.550. The van der Waals surface area contributed by atoms with E-state index in [2.05, 4.69) is 6.92 Å². The van der Waals surface area contributed by atoms with Gasteiger partial charge in [-0.1, -0.05) is 19.1 Å². The summed E-state index contributed by atoms with van der Waals surface area (Å²) in [6.07, 6.45) is 4.43. The van der Waals surface area contributed by atoms with E-state index in [0.29, 0.717) is 17.3 Å². The van der Waals surface area contributed by atoms with Crippen LogP contribution in [0.4, 0.5) is 5.69 Å². The Hall–Kier alpha value is -2.37. The monoisotopic (exact) mass is 360 g/mol. The molecule has 1 aromatic rings. The van der Waals surface area contributed by atoms with Crippen molar-refractivity contribution in [3.63, 3.8) is 0 Å². The molecule has 1 unspecified atom stereocenters. The number of benzene rings is 1. The number of ether oxygens (including phenoxy) is 1. The van der Waals surface area contributed by atoms with Crippen molar-refractivity contribution in [1.82, 2.24) is 4.90 Å². The minimum Gasteiger partial charge on any atom is -0.465 e. The molecular formula is C20H28N2O4. The van der Waals surface area contributed by atoms with Gasteiger partial charge in [-0.05, 0) is 37.8 Å². The fourth-order valence-corrected chi connectivity index (χ4v) is 3.54. The predicted octanol–water partition coefficient (Wildman–Crippen LogP) is 3.01. The van der Waals surface area contributed by atoms with Crippen LogP contribution < -0.4 is 4.90 Å². The van der Waals surface area contributed by atoms with Gasteiger partial charge >= 0.3 is 5.97 Å². The number of carbonyl (C=O) groups excluding carboxylic acids is 3. The van der Waals surface area contributed by atoms with Crippen LogP contribution in [0.5, 0.6) is 0 Å². The minimum atomic E-state index is -0.500. The normalized spacial score (nSPS) is 16.9. The van der Waals surface area contributed by atoms with Crippen molar-refractivity contribution < 1.29 is 19.1 Å². The Balaban J connectivity index is 2.13. The smallest absolute Gasteiger partial charge is 0.339 e. The summed E-state index contributed by atoms with van der Waals surface area (Å²) in [5.41, 5.74) is 0.799. The summed E-state index contributed by atoms with van der Waals surface area (Å²) in [7, 11) is 1.31. The molecule has 1 heterocycles. The molecule has 26 heavy (non-hydrogen) atoms. The Morgan fingerprint density at radius 1 is 1.23 bits per heavy atom. The molecule has 6 nitrogen and oxygen atoms in total. The lowest BCUT2D eigenvalue weighted by Gasteiger charge is -2.36. The Morgan fingerprint density at radius 3 is 2.62 bits per heavy atom. The van der Waals surface area contributed by atoms with Crippen molar-refractivity contribution in [3.05, 3.63) is 29.8 Å². The summed E-state index contributed by atoms with van der Waals surface area (Å²) in [5.74, 6) is -0.640. The Bertz CT molecular complexity index is 659. The van der Waals surface area contributed by atoms with Gasteiger partial charge in [0.25, 0.3) is 0 Å². The van der Waals surface area contributed by atoms with E-state index in [-0.39, 0.29) is 24.8 Å². The maximum Gasteiger partial charge on any atom is 0.339 e. The lowest BCUT2D eigenvalue weighted by atomic mass is 9.99. The highest BCUT2D eigenvalue weighted by Crippen LogP contribution is 2.23. The van der Waals surface area contributed by atoms with E-state index in [9.17, 15) is 14.4 Å². The first-order valence-corrected chi connectivity index (χ1v) is 9.24. The zero-order valence-electron chi connectivity index (χ0n) is 15.9. The lowest BCUT2D eigenvalue weighted by molar-refractivity contribution is -0.134. The van der Waals surface area contributed by atoms with Gasteiger partial charge in [-0.2, -0.15) is 0 Å². The van der Waals surface area contributed by atoms with Crippen LogP contribution in [0, 0.1) is 0 Å². The predicted molar refractivity (Wildman–Crippen MR) is 100 cm³/mol. The van der Waals surface area contributed by atoms with Gasteiger partial charge in [-0.3, -0.25) is 9.59 Å². The molecule has 1 saturated heterocycles. The number of esters is 1. The summed E-state index contributed by atoms with van der Waals surface area (Å²) in [5, 5.41) is 0. The molecule has 1 atom stereocenters. The standard InChI is InChI=1S/C20H28N2O4/c1-4-16-9-7-8-13-22(16)19(24)12-14-21(15(2)23)18-11-6-5-10-17(18)20(25)26-3/h5-6,10-11,16H,4,7-9,12-14H2,1-3H3. The van der Waals surface area contributed by atoms with Gasteiger partial charge in [0.05, 0.1) is 18.4 Å². The summed E-state index contributed by atoms with van der Waals surface area (Å²) in [6.45, 7) is 4.57. The van der Waals surface area contributed by atoms with Crippen molar-refractivity contribution >= 4 is 23.5 Å². The molecule has 1 aliphatic heterocycles. The molecular weight excluding hydrogens is 332 g/mol. The van der Waals surface area contributed by atoms with Crippen LogP contribution in [0.2, 0.25) is 0 Å². The van der Waals surface area contributed by atoms with E-state index in [1.165, 1.54) is 18.9 Å². The number of methoxy groups -OCH3 is 1. The minimum absolute atomic E-state index is 0.0679. The third-order valence-electron chi connectivity index (χ3n) is 4.95. The van der Waals surface area contributed by atoms with Crippen LogP contribution in [0.25, 0.3) is 0 Å². The van der Waals surface area contributed by atoms with Crippen molar-refractivity contribution in [1.29, 1.82) is 0 Å². The van der Waals surface area contributed by atoms with Crippen LogP contribution in [0.3, 0.4) is 0 Å². The van der Waals surface area contributed by atoms with Crippen LogP contribution in [0.15, 0.2) is 24.3 Å². The number of para-hydroxylation sites is 1.